The summed E-state index contributed by atoms with van der Waals surface area (Å²) in [7, 11) is 1.49. The van der Waals surface area contributed by atoms with E-state index in [0.29, 0.717) is 10.2 Å². The van der Waals surface area contributed by atoms with Crippen LogP contribution in [0.2, 0.25) is 0 Å². The first-order chi connectivity index (χ1) is 7.45. The molecule has 0 heterocycles. The Bertz CT molecular complexity index is 543. The van der Waals surface area contributed by atoms with Crippen LogP contribution >= 0.6 is 26.6 Å². The topological polar surface area (TPSA) is 43.4 Å². The van der Waals surface area contributed by atoms with Crippen molar-refractivity contribution in [3.05, 3.63) is 22.7 Å². The molecule has 0 fully saturated rings. The van der Waals surface area contributed by atoms with Gasteiger partial charge in [-0.25, -0.2) is 8.42 Å². The summed E-state index contributed by atoms with van der Waals surface area (Å²) in [5.41, 5.74) is 0. The van der Waals surface area contributed by atoms with Crippen LogP contribution in [-0.2, 0) is 9.05 Å². The maximum atomic E-state index is 11.0. The van der Waals surface area contributed by atoms with Crippen LogP contribution in [0.3, 0.4) is 0 Å². The smallest absolute Gasteiger partial charge is 0.261 e. The molecule has 0 spiro atoms. The third-order valence-electron chi connectivity index (χ3n) is 1.66. The third-order valence-corrected chi connectivity index (χ3v) is 3.63. The molecule has 6 heteroatoms. The summed E-state index contributed by atoms with van der Waals surface area (Å²) >= 11 is 3.20. The monoisotopic (exact) mass is 322 g/mol. The van der Waals surface area contributed by atoms with Crippen molar-refractivity contribution in [2.75, 3.05) is 6.61 Å². The molecule has 0 atom stereocenters. The standard InChI is InChI=1S/C10H8BrClO3S/c1-2-3-6-15-10-5-4-8(7-9(10)11)16(12,13)14/h4-5,7H,6H2,1H3. The van der Waals surface area contributed by atoms with Gasteiger partial charge in [-0.15, -0.1) is 5.92 Å². The second-order valence-electron chi connectivity index (χ2n) is 2.75. The Morgan fingerprint density at radius 1 is 1.50 bits per heavy atom. The van der Waals surface area contributed by atoms with Crippen molar-refractivity contribution in [2.24, 2.45) is 0 Å². The van der Waals surface area contributed by atoms with Gasteiger partial charge in [-0.2, -0.15) is 0 Å². The van der Waals surface area contributed by atoms with Crippen molar-refractivity contribution in [1.29, 1.82) is 0 Å². The number of benzene rings is 1. The maximum absolute atomic E-state index is 11.0. The van der Waals surface area contributed by atoms with Gasteiger partial charge in [0.1, 0.15) is 12.4 Å². The molecule has 0 aliphatic carbocycles. The highest BCUT2D eigenvalue weighted by Gasteiger charge is 2.12. The van der Waals surface area contributed by atoms with Crippen molar-refractivity contribution in [1.82, 2.24) is 0 Å². The third kappa shape index (κ3) is 3.71. The molecule has 3 nitrogen and oxygen atoms in total. The SMILES string of the molecule is CC#CCOc1ccc(S(=O)(=O)Cl)cc1Br. The van der Waals surface area contributed by atoms with Gasteiger partial charge in [0.25, 0.3) is 9.05 Å². The van der Waals surface area contributed by atoms with E-state index in [1.165, 1.54) is 18.2 Å². The van der Waals surface area contributed by atoms with Crippen molar-refractivity contribution >= 4 is 35.7 Å². The molecule has 0 aliphatic rings. The minimum absolute atomic E-state index is 0.0231. The van der Waals surface area contributed by atoms with E-state index in [9.17, 15) is 8.42 Å². The minimum atomic E-state index is -3.71. The van der Waals surface area contributed by atoms with Crippen LogP contribution in [0.15, 0.2) is 27.6 Å². The highest BCUT2D eigenvalue weighted by molar-refractivity contribution is 9.10. The van der Waals surface area contributed by atoms with Crippen LogP contribution in [0.1, 0.15) is 6.92 Å². The Balaban J connectivity index is 2.95. The Labute approximate surface area is 107 Å². The largest absolute Gasteiger partial charge is 0.480 e. The molecule has 0 radical (unpaired) electrons. The molecule has 0 amide bonds. The van der Waals surface area contributed by atoms with Crippen molar-refractivity contribution in [2.45, 2.75) is 11.8 Å². The molecule has 0 aliphatic heterocycles. The van der Waals surface area contributed by atoms with E-state index in [4.69, 9.17) is 15.4 Å². The molecule has 0 aromatic heterocycles. The summed E-state index contributed by atoms with van der Waals surface area (Å²) < 4.78 is 27.9. The van der Waals surface area contributed by atoms with Gasteiger partial charge in [0, 0.05) is 10.7 Å². The van der Waals surface area contributed by atoms with Crippen LogP contribution in [0.5, 0.6) is 5.75 Å². The zero-order valence-electron chi connectivity index (χ0n) is 8.33. The summed E-state index contributed by atoms with van der Waals surface area (Å²) in [6.07, 6.45) is 0. The number of hydrogen-bond donors (Lipinski definition) is 0. The lowest BCUT2D eigenvalue weighted by Gasteiger charge is -2.05. The van der Waals surface area contributed by atoms with E-state index in [0.717, 1.165) is 0 Å². The zero-order chi connectivity index (χ0) is 12.2. The summed E-state index contributed by atoms with van der Waals surface area (Å²) in [6.45, 7) is 1.96. The molecule has 0 saturated carbocycles. The van der Waals surface area contributed by atoms with Gasteiger partial charge in [0.05, 0.1) is 9.37 Å². The quantitative estimate of drug-likeness (QED) is 0.634. The molecule has 0 unspecified atom stereocenters. The summed E-state index contributed by atoms with van der Waals surface area (Å²) in [4.78, 5) is 0.0231. The summed E-state index contributed by atoms with van der Waals surface area (Å²) in [5, 5.41) is 0. The highest BCUT2D eigenvalue weighted by Crippen LogP contribution is 2.28. The Kier molecular flexibility index (Phi) is 4.66. The Hall–Kier alpha value is -0.700. The lowest BCUT2D eigenvalue weighted by molar-refractivity contribution is 0.367. The molecule has 1 rings (SSSR count). The van der Waals surface area contributed by atoms with Crippen molar-refractivity contribution < 1.29 is 13.2 Å². The van der Waals surface area contributed by atoms with E-state index >= 15 is 0 Å². The predicted molar refractivity (Wildman–Crippen MR) is 66.1 cm³/mol. The van der Waals surface area contributed by atoms with E-state index in [1.807, 2.05) is 0 Å². The van der Waals surface area contributed by atoms with Gasteiger partial charge >= 0.3 is 0 Å². The number of halogens is 2. The van der Waals surface area contributed by atoms with Crippen LogP contribution in [0.25, 0.3) is 0 Å². The Morgan fingerprint density at radius 3 is 2.69 bits per heavy atom. The molecule has 1 aromatic rings. The molecule has 0 bridgehead atoms. The first-order valence-corrected chi connectivity index (χ1v) is 7.32. The maximum Gasteiger partial charge on any atom is 0.261 e. The number of rotatable bonds is 3. The van der Waals surface area contributed by atoms with Crippen molar-refractivity contribution in [3.8, 4) is 17.6 Å². The Morgan fingerprint density at radius 2 is 2.19 bits per heavy atom. The minimum Gasteiger partial charge on any atom is -0.480 e. The van der Waals surface area contributed by atoms with Gasteiger partial charge in [-0.3, -0.25) is 0 Å². The lowest BCUT2D eigenvalue weighted by atomic mass is 10.3. The van der Waals surface area contributed by atoms with E-state index < -0.39 is 9.05 Å². The van der Waals surface area contributed by atoms with Gasteiger partial charge in [-0.05, 0) is 41.1 Å². The first kappa shape index (κ1) is 13.4. The molecule has 0 N–H and O–H groups in total. The van der Waals surface area contributed by atoms with Crippen molar-refractivity contribution in [3.63, 3.8) is 0 Å². The summed E-state index contributed by atoms with van der Waals surface area (Å²) in [5.74, 6) is 5.94. The van der Waals surface area contributed by atoms with E-state index in [2.05, 4.69) is 27.8 Å². The van der Waals surface area contributed by atoms with Gasteiger partial charge in [-0.1, -0.05) is 5.92 Å². The fourth-order valence-corrected chi connectivity index (χ4v) is 2.36. The normalized spacial score (nSPS) is 10.4. The average Bonchev–Trinajstić information content (AvgIpc) is 2.19. The molecular weight excluding hydrogens is 316 g/mol. The zero-order valence-corrected chi connectivity index (χ0v) is 11.5. The average molecular weight is 324 g/mol. The molecule has 86 valence electrons. The van der Waals surface area contributed by atoms with Gasteiger partial charge in [0.15, 0.2) is 0 Å². The van der Waals surface area contributed by atoms with Crippen LogP contribution in [-0.4, -0.2) is 15.0 Å². The number of ether oxygens (including phenoxy) is 1. The first-order valence-electron chi connectivity index (χ1n) is 4.22. The van der Waals surface area contributed by atoms with E-state index in [1.54, 1.807) is 6.92 Å². The second-order valence-corrected chi connectivity index (χ2v) is 6.17. The fraction of sp³-hybridized carbons (Fsp3) is 0.200. The molecular formula is C10H8BrClO3S. The second kappa shape index (κ2) is 5.58. The van der Waals surface area contributed by atoms with Crippen LogP contribution in [0.4, 0.5) is 0 Å². The number of hydrogen-bond acceptors (Lipinski definition) is 3. The highest BCUT2D eigenvalue weighted by atomic mass is 79.9. The van der Waals surface area contributed by atoms with Crippen LogP contribution in [0, 0.1) is 11.8 Å². The molecule has 0 saturated heterocycles. The predicted octanol–water partition coefficient (Wildman–Crippen LogP) is 2.78. The van der Waals surface area contributed by atoms with Gasteiger partial charge in [0.2, 0.25) is 0 Å². The summed E-state index contributed by atoms with van der Waals surface area (Å²) in [6, 6.07) is 4.29. The lowest BCUT2D eigenvalue weighted by Crippen LogP contribution is -1.96. The van der Waals surface area contributed by atoms with Gasteiger partial charge < -0.3 is 4.74 Å². The molecule has 16 heavy (non-hydrogen) atoms. The van der Waals surface area contributed by atoms with Crippen LogP contribution < -0.4 is 4.74 Å². The van der Waals surface area contributed by atoms with E-state index in [-0.39, 0.29) is 11.5 Å². The molecule has 1 aromatic carbocycles. The fourth-order valence-electron chi connectivity index (χ4n) is 0.936.